The molecule has 0 aliphatic rings. The first-order valence-electron chi connectivity index (χ1n) is 4.45. The van der Waals surface area contributed by atoms with Crippen molar-refractivity contribution in [3.05, 3.63) is 30.9 Å². The number of hydrogen-bond acceptors (Lipinski definition) is 4. The van der Waals surface area contributed by atoms with Crippen molar-refractivity contribution < 1.29 is 28.5 Å². The Morgan fingerprint density at radius 3 is 2.75 bits per heavy atom. The maximum absolute atomic E-state index is 4.37. The van der Waals surface area contributed by atoms with Crippen LogP contribution in [-0.4, -0.2) is 19.8 Å². The van der Waals surface area contributed by atoms with Crippen LogP contribution in [0.25, 0.3) is 15.5 Å². The monoisotopic (exact) mass is 345 g/mol. The molecule has 0 aliphatic carbocycles. The van der Waals surface area contributed by atoms with Gasteiger partial charge in [0.05, 0.1) is 0 Å². The molecule has 82 valence electrons. The fraction of sp³-hybridized carbons (Fsp3) is 0.111. The summed E-state index contributed by atoms with van der Waals surface area (Å²) < 4.78 is 3.68. The van der Waals surface area contributed by atoms with E-state index >= 15 is 0 Å². The fourth-order valence-electron chi connectivity index (χ4n) is 1.32. The minimum absolute atomic E-state index is 0. The first-order valence-corrected chi connectivity index (χ1v) is 5.27. The van der Waals surface area contributed by atoms with Crippen LogP contribution < -0.4 is 28.5 Å². The van der Waals surface area contributed by atoms with Gasteiger partial charge in [-0.2, -0.15) is 9.61 Å². The van der Waals surface area contributed by atoms with Crippen LogP contribution in [0.1, 0.15) is 0 Å². The maximum atomic E-state index is 4.37. The normalized spacial score (nSPS) is 10.3. The molecule has 3 aromatic rings. The minimum atomic E-state index is 0. The average Bonchev–Trinajstić information content (AvgIpc) is 2.78. The van der Waals surface area contributed by atoms with E-state index in [9.17, 15) is 0 Å². The molecule has 0 aromatic carbocycles. The number of hydrogen-bond donors (Lipinski definition) is 0. The summed E-state index contributed by atoms with van der Waals surface area (Å²) in [4.78, 5) is 0.818. The SMILES string of the molecule is C[n+]1ccc(-c2nn3cnnc3s2)cc1.[I-]. The predicted octanol–water partition coefficient (Wildman–Crippen LogP) is -2.32. The van der Waals surface area contributed by atoms with Gasteiger partial charge < -0.3 is 24.0 Å². The predicted molar refractivity (Wildman–Crippen MR) is 55.3 cm³/mol. The Hall–Kier alpha value is -1.09. The highest BCUT2D eigenvalue weighted by Gasteiger charge is 2.08. The summed E-state index contributed by atoms with van der Waals surface area (Å²) in [5, 5.41) is 13.0. The molecule has 5 nitrogen and oxygen atoms in total. The second kappa shape index (κ2) is 4.42. The number of nitrogens with zero attached hydrogens (tertiary/aromatic N) is 5. The molecular formula is C9H8IN5S. The molecule has 3 rings (SSSR count). The Bertz CT molecular complexity index is 571. The number of aryl methyl sites for hydroxylation is 1. The number of pyridine rings is 1. The highest BCUT2D eigenvalue weighted by molar-refractivity contribution is 7.19. The number of aromatic nitrogens is 5. The van der Waals surface area contributed by atoms with Gasteiger partial charge in [0.25, 0.3) is 0 Å². The van der Waals surface area contributed by atoms with Gasteiger partial charge in [-0.1, -0.05) is 11.3 Å². The Morgan fingerprint density at radius 1 is 1.31 bits per heavy atom. The topological polar surface area (TPSA) is 47.0 Å². The summed E-state index contributed by atoms with van der Waals surface area (Å²) >= 11 is 1.53. The van der Waals surface area contributed by atoms with Crippen LogP contribution in [0, 0.1) is 0 Å². The van der Waals surface area contributed by atoms with Gasteiger partial charge in [0.15, 0.2) is 12.4 Å². The van der Waals surface area contributed by atoms with Crippen LogP contribution in [0.4, 0.5) is 0 Å². The number of rotatable bonds is 1. The van der Waals surface area contributed by atoms with Crippen LogP contribution in [0.2, 0.25) is 0 Å². The van der Waals surface area contributed by atoms with Crippen molar-refractivity contribution >= 4 is 16.3 Å². The zero-order valence-corrected chi connectivity index (χ0v) is 11.4. The molecule has 0 bridgehead atoms. The van der Waals surface area contributed by atoms with Crippen LogP contribution in [0.15, 0.2) is 30.9 Å². The fourth-order valence-corrected chi connectivity index (χ4v) is 2.15. The standard InChI is InChI=1S/C9H8N5S.HI/c1-13-4-2-7(3-5-13)8-12-14-6-10-11-9(14)15-8;/h2-6H,1H3;1H/q+1;/p-1. The highest BCUT2D eigenvalue weighted by atomic mass is 127. The summed E-state index contributed by atoms with van der Waals surface area (Å²) in [6.07, 6.45) is 5.60. The van der Waals surface area contributed by atoms with Gasteiger partial charge in [-0.25, -0.2) is 4.57 Å². The van der Waals surface area contributed by atoms with Crippen molar-refractivity contribution in [1.82, 2.24) is 19.8 Å². The van der Waals surface area contributed by atoms with Crippen molar-refractivity contribution in [3.8, 4) is 10.6 Å². The molecule has 0 spiro atoms. The van der Waals surface area contributed by atoms with E-state index < -0.39 is 0 Å². The van der Waals surface area contributed by atoms with Gasteiger partial charge in [0, 0.05) is 17.7 Å². The van der Waals surface area contributed by atoms with Crippen molar-refractivity contribution in [1.29, 1.82) is 0 Å². The van der Waals surface area contributed by atoms with Crippen molar-refractivity contribution in [2.45, 2.75) is 0 Å². The molecule has 0 N–H and O–H groups in total. The first kappa shape index (κ1) is 11.4. The lowest BCUT2D eigenvalue weighted by atomic mass is 10.3. The lowest BCUT2D eigenvalue weighted by Crippen LogP contribution is -3.00. The molecule has 3 heterocycles. The molecule has 0 amide bonds. The van der Waals surface area contributed by atoms with E-state index in [0.29, 0.717) is 0 Å². The molecule has 0 atom stereocenters. The summed E-state index contributed by atoms with van der Waals surface area (Å²) in [6.45, 7) is 0. The second-order valence-corrected chi connectivity index (χ2v) is 4.17. The Morgan fingerprint density at radius 2 is 2.06 bits per heavy atom. The van der Waals surface area contributed by atoms with E-state index in [1.165, 1.54) is 11.3 Å². The second-order valence-electron chi connectivity index (χ2n) is 3.22. The largest absolute Gasteiger partial charge is 1.00 e. The first-order chi connectivity index (χ1) is 7.33. The third-order valence-corrected chi connectivity index (χ3v) is 3.07. The van der Waals surface area contributed by atoms with E-state index in [1.807, 2.05) is 36.1 Å². The van der Waals surface area contributed by atoms with E-state index in [4.69, 9.17) is 0 Å². The van der Waals surface area contributed by atoms with Gasteiger partial charge >= 0.3 is 0 Å². The van der Waals surface area contributed by atoms with Gasteiger partial charge in [0.1, 0.15) is 18.4 Å². The molecule has 16 heavy (non-hydrogen) atoms. The quantitative estimate of drug-likeness (QED) is 0.368. The molecular weight excluding hydrogens is 337 g/mol. The smallest absolute Gasteiger partial charge is 0.234 e. The van der Waals surface area contributed by atoms with Gasteiger partial charge in [-0.3, -0.25) is 0 Å². The summed E-state index contributed by atoms with van der Waals surface area (Å²) in [7, 11) is 1.99. The third kappa shape index (κ3) is 1.92. The third-order valence-electron chi connectivity index (χ3n) is 2.11. The van der Waals surface area contributed by atoms with Crippen LogP contribution in [0.5, 0.6) is 0 Å². The number of fused-ring (bicyclic) bond motifs is 1. The average molecular weight is 345 g/mol. The van der Waals surface area contributed by atoms with Gasteiger partial charge in [-0.15, -0.1) is 10.2 Å². The molecule has 0 radical (unpaired) electrons. The number of halogens is 1. The van der Waals surface area contributed by atoms with Gasteiger partial charge in [-0.05, 0) is 0 Å². The van der Waals surface area contributed by atoms with E-state index in [1.54, 1.807) is 10.8 Å². The Balaban J connectivity index is 0.000000963. The van der Waals surface area contributed by atoms with E-state index in [0.717, 1.165) is 15.5 Å². The maximum Gasteiger partial charge on any atom is 0.234 e. The van der Waals surface area contributed by atoms with Crippen LogP contribution >= 0.6 is 11.3 Å². The zero-order valence-electron chi connectivity index (χ0n) is 8.41. The molecule has 0 unspecified atom stereocenters. The molecule has 0 saturated heterocycles. The molecule has 3 aromatic heterocycles. The minimum Gasteiger partial charge on any atom is -1.00 e. The Kier molecular flexibility index (Phi) is 3.15. The van der Waals surface area contributed by atoms with Gasteiger partial charge in [0.2, 0.25) is 4.96 Å². The van der Waals surface area contributed by atoms with E-state index in [2.05, 4.69) is 15.3 Å². The molecule has 0 fully saturated rings. The zero-order chi connectivity index (χ0) is 10.3. The lowest BCUT2D eigenvalue weighted by Gasteiger charge is -1.91. The van der Waals surface area contributed by atoms with Crippen molar-refractivity contribution in [3.63, 3.8) is 0 Å². The van der Waals surface area contributed by atoms with Crippen molar-refractivity contribution in [2.75, 3.05) is 0 Å². The Labute approximate surface area is 113 Å². The van der Waals surface area contributed by atoms with Crippen molar-refractivity contribution in [2.24, 2.45) is 7.05 Å². The highest BCUT2D eigenvalue weighted by Crippen LogP contribution is 2.23. The summed E-state index contributed by atoms with van der Waals surface area (Å²) in [6, 6.07) is 4.07. The van der Waals surface area contributed by atoms with Crippen LogP contribution in [0.3, 0.4) is 0 Å². The van der Waals surface area contributed by atoms with E-state index in [-0.39, 0.29) is 24.0 Å². The summed E-state index contributed by atoms with van der Waals surface area (Å²) in [5.74, 6) is 0. The summed E-state index contributed by atoms with van der Waals surface area (Å²) in [5.41, 5.74) is 1.10. The van der Waals surface area contributed by atoms with Crippen LogP contribution in [-0.2, 0) is 7.05 Å². The molecule has 0 saturated carbocycles. The molecule has 7 heteroatoms. The lowest BCUT2D eigenvalue weighted by molar-refractivity contribution is -0.671. The molecule has 0 aliphatic heterocycles.